The molecule has 0 aliphatic rings. The predicted molar refractivity (Wildman–Crippen MR) is 41.9 cm³/mol. The summed E-state index contributed by atoms with van der Waals surface area (Å²) in [6.07, 6.45) is 3.60. The van der Waals surface area contributed by atoms with Gasteiger partial charge in [0, 0.05) is 0 Å². The summed E-state index contributed by atoms with van der Waals surface area (Å²) in [6, 6.07) is 10.0. The van der Waals surface area contributed by atoms with Crippen molar-refractivity contribution in [2.24, 2.45) is 0 Å². The lowest BCUT2D eigenvalue weighted by atomic mass is 10.2. The van der Waals surface area contributed by atoms with Crippen LogP contribution in [0.4, 0.5) is 0 Å². The van der Waals surface area contributed by atoms with Gasteiger partial charge in [-0.25, -0.2) is 0 Å². The summed E-state index contributed by atoms with van der Waals surface area (Å²) in [7, 11) is 0. The Balaban J connectivity index is 2.59. The van der Waals surface area contributed by atoms with E-state index in [2.05, 4.69) is 0 Å². The summed E-state index contributed by atoms with van der Waals surface area (Å²) < 4.78 is 0. The minimum Gasteiger partial charge on any atom is -0.516 e. The van der Waals surface area contributed by atoms with Crippen LogP contribution in [0, 0.1) is 0 Å². The molecule has 1 heteroatoms. The summed E-state index contributed by atoms with van der Waals surface area (Å²) in [6.45, 7) is 0. The Morgan fingerprint density at radius 2 is 1.90 bits per heavy atom. The molecule has 0 unspecified atom stereocenters. The Bertz CT molecular complexity index is 201. The molecule has 0 radical (unpaired) electrons. The third-order valence-electron chi connectivity index (χ3n) is 1.30. The molecule has 0 atom stereocenters. The SMILES string of the molecule is O/C=C/Cc1ccccc1. The Morgan fingerprint density at radius 1 is 1.20 bits per heavy atom. The van der Waals surface area contributed by atoms with Gasteiger partial charge in [-0.05, 0) is 18.1 Å². The minimum absolute atomic E-state index is 0.803. The van der Waals surface area contributed by atoms with Gasteiger partial charge < -0.3 is 5.11 Å². The average Bonchev–Trinajstić information content (AvgIpc) is 2.03. The largest absolute Gasteiger partial charge is 0.516 e. The van der Waals surface area contributed by atoms with E-state index < -0.39 is 0 Å². The molecule has 0 spiro atoms. The molecule has 0 aliphatic carbocycles. The molecule has 0 fully saturated rings. The summed E-state index contributed by atoms with van der Waals surface area (Å²) in [5.74, 6) is 0. The minimum atomic E-state index is 0.803. The molecule has 52 valence electrons. The van der Waals surface area contributed by atoms with Crippen LogP contribution < -0.4 is 0 Å². The van der Waals surface area contributed by atoms with Crippen molar-refractivity contribution in [2.45, 2.75) is 6.42 Å². The smallest absolute Gasteiger partial charge is 0.0755 e. The molecule has 1 aromatic rings. The first-order valence-electron chi connectivity index (χ1n) is 3.26. The van der Waals surface area contributed by atoms with Gasteiger partial charge in [0.1, 0.15) is 0 Å². The number of aliphatic hydroxyl groups is 1. The highest BCUT2D eigenvalue weighted by Crippen LogP contribution is 1.99. The van der Waals surface area contributed by atoms with Gasteiger partial charge in [-0.2, -0.15) is 0 Å². The fraction of sp³-hybridized carbons (Fsp3) is 0.111. The second-order valence-electron chi connectivity index (χ2n) is 2.07. The molecule has 0 saturated carbocycles. The van der Waals surface area contributed by atoms with Crippen molar-refractivity contribution < 1.29 is 5.11 Å². The first-order valence-corrected chi connectivity index (χ1v) is 3.26. The van der Waals surface area contributed by atoms with Crippen molar-refractivity contribution in [3.63, 3.8) is 0 Å². The van der Waals surface area contributed by atoms with E-state index in [-0.39, 0.29) is 0 Å². The van der Waals surface area contributed by atoms with Crippen molar-refractivity contribution in [3.8, 4) is 0 Å². The number of benzene rings is 1. The van der Waals surface area contributed by atoms with E-state index in [1.165, 1.54) is 5.56 Å². The number of hydrogen-bond donors (Lipinski definition) is 1. The zero-order valence-corrected chi connectivity index (χ0v) is 5.70. The second kappa shape index (κ2) is 3.72. The summed E-state index contributed by atoms with van der Waals surface area (Å²) in [5.41, 5.74) is 1.22. The molecule has 0 aromatic heterocycles. The van der Waals surface area contributed by atoms with Crippen molar-refractivity contribution in [1.29, 1.82) is 0 Å². The van der Waals surface area contributed by atoms with Crippen molar-refractivity contribution >= 4 is 0 Å². The van der Waals surface area contributed by atoms with Crippen LogP contribution in [0.25, 0.3) is 0 Å². The van der Waals surface area contributed by atoms with Crippen LogP contribution >= 0.6 is 0 Å². The second-order valence-corrected chi connectivity index (χ2v) is 2.07. The van der Waals surface area contributed by atoms with Gasteiger partial charge in [0.15, 0.2) is 0 Å². The zero-order valence-electron chi connectivity index (χ0n) is 5.70. The monoisotopic (exact) mass is 134 g/mol. The lowest BCUT2D eigenvalue weighted by Gasteiger charge is -1.91. The highest BCUT2D eigenvalue weighted by atomic mass is 16.2. The van der Waals surface area contributed by atoms with E-state index in [0.717, 1.165) is 12.7 Å². The maximum atomic E-state index is 8.35. The van der Waals surface area contributed by atoms with Crippen LogP contribution in [-0.2, 0) is 6.42 Å². The molecule has 1 N–H and O–H groups in total. The van der Waals surface area contributed by atoms with E-state index in [1.807, 2.05) is 30.3 Å². The van der Waals surface area contributed by atoms with Gasteiger partial charge in [-0.1, -0.05) is 30.3 Å². The lowest BCUT2D eigenvalue weighted by molar-refractivity contribution is 0.471. The Kier molecular flexibility index (Phi) is 2.56. The molecule has 1 aromatic carbocycles. The van der Waals surface area contributed by atoms with Crippen LogP contribution in [-0.4, -0.2) is 5.11 Å². The fourth-order valence-electron chi connectivity index (χ4n) is 0.803. The van der Waals surface area contributed by atoms with Crippen LogP contribution in [0.1, 0.15) is 5.56 Å². The number of allylic oxidation sites excluding steroid dienone is 1. The quantitative estimate of drug-likeness (QED) is 0.615. The van der Waals surface area contributed by atoms with Gasteiger partial charge in [-0.15, -0.1) is 0 Å². The molecular formula is C9H10O. The van der Waals surface area contributed by atoms with Gasteiger partial charge in [0.25, 0.3) is 0 Å². The van der Waals surface area contributed by atoms with Crippen molar-refractivity contribution in [1.82, 2.24) is 0 Å². The maximum absolute atomic E-state index is 8.35. The van der Waals surface area contributed by atoms with Crippen molar-refractivity contribution in [2.75, 3.05) is 0 Å². The van der Waals surface area contributed by atoms with E-state index in [1.54, 1.807) is 6.08 Å². The molecule has 0 amide bonds. The summed E-state index contributed by atoms with van der Waals surface area (Å²) in [5, 5.41) is 8.35. The summed E-state index contributed by atoms with van der Waals surface area (Å²) in [4.78, 5) is 0. The lowest BCUT2D eigenvalue weighted by Crippen LogP contribution is -1.77. The normalized spacial score (nSPS) is 10.4. The molecule has 0 heterocycles. The highest BCUT2D eigenvalue weighted by Gasteiger charge is 1.83. The van der Waals surface area contributed by atoms with Gasteiger partial charge in [-0.3, -0.25) is 0 Å². The molecule has 0 saturated heterocycles. The van der Waals surface area contributed by atoms with E-state index in [0.29, 0.717) is 0 Å². The average molecular weight is 134 g/mol. The standard InChI is InChI=1S/C9H10O/c10-8-4-7-9-5-2-1-3-6-9/h1-6,8,10H,7H2/b8-4+. The number of hydrogen-bond acceptors (Lipinski definition) is 1. The molecule has 0 aliphatic heterocycles. The third kappa shape index (κ3) is 1.94. The Labute approximate surface area is 60.6 Å². The van der Waals surface area contributed by atoms with Gasteiger partial charge >= 0.3 is 0 Å². The Morgan fingerprint density at radius 3 is 2.50 bits per heavy atom. The molecule has 0 bridgehead atoms. The van der Waals surface area contributed by atoms with Gasteiger partial charge in [0.2, 0.25) is 0 Å². The van der Waals surface area contributed by atoms with Crippen LogP contribution in [0.3, 0.4) is 0 Å². The van der Waals surface area contributed by atoms with E-state index >= 15 is 0 Å². The first kappa shape index (κ1) is 6.87. The van der Waals surface area contributed by atoms with Crippen LogP contribution in [0.2, 0.25) is 0 Å². The third-order valence-corrected chi connectivity index (χ3v) is 1.30. The molecule has 1 rings (SSSR count). The fourth-order valence-corrected chi connectivity index (χ4v) is 0.803. The van der Waals surface area contributed by atoms with Gasteiger partial charge in [0.05, 0.1) is 6.26 Å². The van der Waals surface area contributed by atoms with E-state index in [4.69, 9.17) is 5.11 Å². The molecule has 1 nitrogen and oxygen atoms in total. The first-order chi connectivity index (χ1) is 4.93. The summed E-state index contributed by atoms with van der Waals surface area (Å²) >= 11 is 0. The van der Waals surface area contributed by atoms with E-state index in [9.17, 15) is 0 Å². The predicted octanol–water partition coefficient (Wildman–Crippen LogP) is 2.30. The molecular weight excluding hydrogens is 124 g/mol. The zero-order chi connectivity index (χ0) is 7.23. The number of rotatable bonds is 2. The maximum Gasteiger partial charge on any atom is 0.0755 e. The number of aliphatic hydroxyl groups excluding tert-OH is 1. The van der Waals surface area contributed by atoms with Crippen LogP contribution in [0.15, 0.2) is 42.7 Å². The van der Waals surface area contributed by atoms with Crippen molar-refractivity contribution in [3.05, 3.63) is 48.2 Å². The molecule has 10 heavy (non-hydrogen) atoms. The van der Waals surface area contributed by atoms with Crippen LogP contribution in [0.5, 0.6) is 0 Å². The highest BCUT2D eigenvalue weighted by molar-refractivity contribution is 5.16. The Hall–Kier alpha value is -1.24. The topological polar surface area (TPSA) is 20.2 Å².